The minimum atomic E-state index is -2.33. The van der Waals surface area contributed by atoms with Gasteiger partial charge in [-0.1, -0.05) is 49.4 Å². The van der Waals surface area contributed by atoms with Gasteiger partial charge in [0.25, 0.3) is 0 Å². The van der Waals surface area contributed by atoms with Crippen LogP contribution >= 0.6 is 0 Å². The molecule has 5 aliphatic rings. The van der Waals surface area contributed by atoms with Crippen LogP contribution in [0.4, 0.5) is 0 Å². The van der Waals surface area contributed by atoms with Crippen LogP contribution in [0.5, 0.6) is 5.75 Å². The number of nitrogens with two attached hydrogens (primary N) is 1. The summed E-state index contributed by atoms with van der Waals surface area (Å²) in [5.74, 6) is -7.81. The van der Waals surface area contributed by atoms with Gasteiger partial charge >= 0.3 is 0 Å². The Morgan fingerprint density at radius 2 is 1.23 bits per heavy atom. The number of nitrogens with zero attached hydrogens (tertiary/aromatic N) is 1. The average molecular weight is 1300 g/mol. The predicted molar refractivity (Wildman–Crippen MR) is 303 cm³/mol. The van der Waals surface area contributed by atoms with Crippen molar-refractivity contribution in [3.05, 3.63) is 65.7 Å². The fourth-order valence-corrected chi connectivity index (χ4v) is 10.9. The number of hydrogen-bond donors (Lipinski definition) is 25. The largest absolute Gasteiger partial charge is 0.462 e. The average Bonchev–Trinajstić information content (AvgIpc) is 1.86. The summed E-state index contributed by atoms with van der Waals surface area (Å²) in [6.07, 6.45) is -30.5. The van der Waals surface area contributed by atoms with E-state index in [4.69, 9.17) is 40.2 Å². The molecule has 0 aliphatic carbocycles. The van der Waals surface area contributed by atoms with Crippen LogP contribution in [0.1, 0.15) is 24.0 Å². The molecule has 5 saturated heterocycles. The first-order valence-corrected chi connectivity index (χ1v) is 28.8. The Labute approximate surface area is 517 Å². The summed E-state index contributed by atoms with van der Waals surface area (Å²) in [6, 6.07) is 1.04. The maximum Gasteiger partial charge on any atom is 0.246 e. The Morgan fingerprint density at radius 1 is 0.659 bits per heavy atom. The minimum Gasteiger partial charge on any atom is -0.462 e. The molecule has 505 valence electrons. The van der Waals surface area contributed by atoms with Gasteiger partial charge in [0.15, 0.2) is 24.4 Å². The maximum absolute atomic E-state index is 15.1. The Bertz CT molecular complexity index is 2800. The lowest BCUT2D eigenvalue weighted by Gasteiger charge is -2.46. The summed E-state index contributed by atoms with van der Waals surface area (Å²) in [6.45, 7) is -3.42. The number of nitrogens with one attached hydrogen (secondary N) is 10. The Kier molecular flexibility index (Phi) is 25.2. The molecule has 37 nitrogen and oxygen atoms in total. The maximum atomic E-state index is 15.1. The molecule has 0 spiro atoms. The number of carbonyl (C=O) groups excluding carboxylic acids is 6. The lowest BCUT2D eigenvalue weighted by Crippen LogP contribution is -2.69. The SMILES string of the molecule is CC(c1ccccc1)[C@H](NC(=O)CN)C(=O)N[C@@H](Cc1ccc(OC2OC(CO)C(OC3OC(CO)C(O)C(O)C3O)C(O)C2O)cc1)C(=O)N[C@H](C(=O)N[C@H](C(=O)N[C@H]([C]=O)CO)C(O)C1CNC(=N)N1C1OC(CO)C(O)C(O)C1O)C(O)C1CNC(=N)N1. The van der Waals surface area contributed by atoms with Crippen LogP contribution in [-0.4, -0.2) is 317 Å². The number of hydrogen-bond acceptors (Lipinski definition) is 28. The molecule has 7 rings (SSSR count). The van der Waals surface area contributed by atoms with Crippen molar-refractivity contribution >= 4 is 47.7 Å². The molecule has 0 saturated carbocycles. The van der Waals surface area contributed by atoms with Gasteiger partial charge in [0, 0.05) is 25.4 Å². The Balaban J connectivity index is 1.19. The molecule has 5 amide bonds. The van der Waals surface area contributed by atoms with E-state index in [1.165, 1.54) is 30.6 Å². The van der Waals surface area contributed by atoms with Crippen LogP contribution in [0, 0.1) is 10.8 Å². The van der Waals surface area contributed by atoms with Crippen LogP contribution in [0.2, 0.25) is 0 Å². The molecular weight excluding hydrogens is 1220 g/mol. The third kappa shape index (κ3) is 16.6. The number of aliphatic hydroxyl groups excluding tert-OH is 14. The van der Waals surface area contributed by atoms with E-state index in [0.717, 1.165) is 4.90 Å². The summed E-state index contributed by atoms with van der Waals surface area (Å²) in [7, 11) is 0. The number of rotatable bonds is 28. The van der Waals surface area contributed by atoms with Crippen molar-refractivity contribution in [1.29, 1.82) is 10.8 Å². The molecule has 25 atom stereocenters. The number of aliphatic hydroxyl groups is 14. The molecule has 26 N–H and O–H groups in total. The smallest absolute Gasteiger partial charge is 0.246 e. The first kappa shape index (κ1) is 71.5. The second-order valence-electron chi connectivity index (χ2n) is 22.2. The van der Waals surface area contributed by atoms with Crippen LogP contribution in [-0.2, 0) is 54.1 Å². The predicted octanol–water partition coefficient (Wildman–Crippen LogP) is -13.3. The van der Waals surface area contributed by atoms with Crippen LogP contribution in [0.3, 0.4) is 0 Å². The molecule has 0 aromatic heterocycles. The fourth-order valence-electron chi connectivity index (χ4n) is 10.9. The Morgan fingerprint density at radius 3 is 1.82 bits per heavy atom. The summed E-state index contributed by atoms with van der Waals surface area (Å²) in [5.41, 5.74) is 6.38. The van der Waals surface area contributed by atoms with Gasteiger partial charge < -0.3 is 148 Å². The van der Waals surface area contributed by atoms with Gasteiger partial charge in [0.05, 0.1) is 45.1 Å². The van der Waals surface area contributed by atoms with Crippen LogP contribution in [0.15, 0.2) is 54.6 Å². The van der Waals surface area contributed by atoms with Gasteiger partial charge in [-0.05, 0) is 23.3 Å². The van der Waals surface area contributed by atoms with E-state index >= 15 is 4.79 Å². The molecular formula is C54H79N12O25. The van der Waals surface area contributed by atoms with Gasteiger partial charge in [-0.15, -0.1) is 0 Å². The molecule has 2 aromatic carbocycles. The highest BCUT2D eigenvalue weighted by molar-refractivity contribution is 5.97. The van der Waals surface area contributed by atoms with Crippen LogP contribution < -0.4 is 53.0 Å². The minimum absolute atomic E-state index is 0.0852. The van der Waals surface area contributed by atoms with E-state index in [9.17, 15) is 95.5 Å². The highest BCUT2D eigenvalue weighted by atomic mass is 16.7. The molecule has 0 bridgehead atoms. The van der Waals surface area contributed by atoms with E-state index in [1.54, 1.807) is 37.3 Å². The van der Waals surface area contributed by atoms with Gasteiger partial charge in [-0.3, -0.25) is 39.6 Å². The Hall–Kier alpha value is -6.96. The number of benzene rings is 2. The van der Waals surface area contributed by atoms with Crippen molar-refractivity contribution in [2.75, 3.05) is 46.1 Å². The third-order valence-corrected chi connectivity index (χ3v) is 16.2. The summed E-state index contributed by atoms with van der Waals surface area (Å²) in [4.78, 5) is 84.4. The molecule has 5 heterocycles. The quantitative estimate of drug-likeness (QED) is 0.0376. The topological polar surface area (TPSA) is 605 Å². The monoisotopic (exact) mass is 1300 g/mol. The fraction of sp³-hybridized carbons (Fsp3) is 0.630. The first-order chi connectivity index (χ1) is 43.3. The zero-order chi connectivity index (χ0) is 66.7. The lowest BCUT2D eigenvalue weighted by atomic mass is 9.92. The highest BCUT2D eigenvalue weighted by Crippen LogP contribution is 2.32. The van der Waals surface area contributed by atoms with Crippen LogP contribution in [0.25, 0.3) is 0 Å². The second kappa shape index (κ2) is 32.1. The molecule has 91 heavy (non-hydrogen) atoms. The normalized spacial score (nSPS) is 32.6. The van der Waals surface area contributed by atoms with Crippen molar-refractivity contribution in [2.45, 2.75) is 166 Å². The summed E-state index contributed by atoms with van der Waals surface area (Å²) < 4.78 is 28.2. The number of amides is 5. The number of guanidine groups is 2. The van der Waals surface area contributed by atoms with Gasteiger partial charge in [0.1, 0.15) is 121 Å². The second-order valence-corrected chi connectivity index (χ2v) is 22.2. The molecule has 20 unspecified atom stereocenters. The van der Waals surface area contributed by atoms with Crippen molar-refractivity contribution in [3.8, 4) is 5.75 Å². The zero-order valence-corrected chi connectivity index (χ0v) is 48.6. The van der Waals surface area contributed by atoms with E-state index < -0.39 is 234 Å². The number of carbonyl (C=O) groups is 5. The van der Waals surface area contributed by atoms with Crippen molar-refractivity contribution in [2.24, 2.45) is 5.73 Å². The van der Waals surface area contributed by atoms with Crippen molar-refractivity contribution < 1.29 is 124 Å². The van der Waals surface area contributed by atoms with Gasteiger partial charge in [-0.25, -0.2) is 0 Å². The summed E-state index contributed by atoms with van der Waals surface area (Å²) >= 11 is 0. The lowest BCUT2D eigenvalue weighted by molar-refractivity contribution is -0.352. The van der Waals surface area contributed by atoms with E-state index in [1.807, 2.05) is 0 Å². The van der Waals surface area contributed by atoms with E-state index in [-0.39, 0.29) is 23.8 Å². The molecule has 5 fully saturated rings. The molecule has 37 heteroatoms. The van der Waals surface area contributed by atoms with Crippen molar-refractivity contribution in [1.82, 2.24) is 47.4 Å². The van der Waals surface area contributed by atoms with Gasteiger partial charge in [-0.2, -0.15) is 0 Å². The number of ether oxygens (including phenoxy) is 5. The molecule has 2 aromatic rings. The zero-order valence-electron chi connectivity index (χ0n) is 48.6. The standard InChI is InChI=1S/C54H79N12O25/c1-20(22-5-3-2-4-6-22)32(63-31(72)12-55)47(84)61-25(11-21-7-9-24(10-8-21)87-51-44(82)41(79)45(30(19-71)90-51)91-52-43(81)40(78)38(76)29(18-70)89-52)46(83)64-33(35(73)26-13-58-53(56)62-26)49(86)65-34(48(85)60-23(15-67)16-68)36(74)27-14-59-54(57)66(27)50-42(80)39(77)37(75)28(17-69)88-50/h2-10,20,23,25-30,32-45,50-52,67,69-71,73-82H,11-15,17-19,55H2,1H3,(H2,57,59)(H,60,85)(H,61,84)(H,63,72)(H,64,83)(H,65,86)(H3,56,58,62)/t20?,23-,25-,26?,27?,28?,29?,30?,32-,33-,34-,35?,36?,37?,38?,39?,40?,41?,42?,43?,44?,45?,50?,51?,52?/m0/s1. The highest BCUT2D eigenvalue weighted by Gasteiger charge is 2.54. The van der Waals surface area contributed by atoms with E-state index in [0.29, 0.717) is 5.56 Å². The summed E-state index contributed by atoms with van der Waals surface area (Å²) in [5, 5.41) is 186. The van der Waals surface area contributed by atoms with Crippen molar-refractivity contribution in [3.63, 3.8) is 0 Å². The van der Waals surface area contributed by atoms with E-state index in [2.05, 4.69) is 42.5 Å². The third-order valence-electron chi connectivity index (χ3n) is 16.2. The molecule has 5 aliphatic heterocycles. The van der Waals surface area contributed by atoms with Gasteiger partial charge in [0.2, 0.25) is 42.1 Å². The first-order valence-electron chi connectivity index (χ1n) is 28.8. The molecule has 1 radical (unpaired) electrons.